The van der Waals surface area contributed by atoms with Crippen LogP contribution in [0.1, 0.15) is 19.8 Å². The van der Waals surface area contributed by atoms with Crippen LogP contribution >= 0.6 is 11.6 Å². The van der Waals surface area contributed by atoms with E-state index < -0.39 is 0 Å². The molecule has 6 heteroatoms. The van der Waals surface area contributed by atoms with Gasteiger partial charge in [0, 0.05) is 18.7 Å². The van der Waals surface area contributed by atoms with Gasteiger partial charge >= 0.3 is 0 Å². The van der Waals surface area contributed by atoms with Crippen LogP contribution in [-0.2, 0) is 9.53 Å². The Balaban J connectivity index is 2.00. The Hall–Kier alpha value is -1.30. The molecule has 1 aliphatic heterocycles. The van der Waals surface area contributed by atoms with Crippen molar-refractivity contribution in [2.75, 3.05) is 31.2 Å². The molecule has 1 amide bonds. The second-order valence-electron chi connectivity index (χ2n) is 5.39. The number of rotatable bonds is 4. The minimum atomic E-state index is -0.235. The van der Waals surface area contributed by atoms with Gasteiger partial charge in [0.25, 0.3) is 0 Å². The van der Waals surface area contributed by atoms with E-state index in [-0.39, 0.29) is 18.1 Å². The zero-order chi connectivity index (χ0) is 15.4. The third-order valence-corrected chi connectivity index (χ3v) is 4.18. The van der Waals surface area contributed by atoms with Gasteiger partial charge < -0.3 is 15.8 Å². The van der Waals surface area contributed by atoms with Crippen molar-refractivity contribution in [3.8, 4) is 0 Å². The summed E-state index contributed by atoms with van der Waals surface area (Å²) in [7, 11) is 1.71. The lowest BCUT2D eigenvalue weighted by atomic mass is 10.1. The standard InChI is InChI=1S/C15H22ClN3O2/c1-10(19-7-3-4-12(9-19)21-2)15(20)18-14-8-11(16)5-6-13(14)17/h5-6,8,10,12H,3-4,7,9,17H2,1-2H3,(H,18,20). The highest BCUT2D eigenvalue weighted by atomic mass is 35.5. The zero-order valence-corrected chi connectivity index (χ0v) is 13.2. The van der Waals surface area contributed by atoms with Crippen LogP contribution in [0, 0.1) is 0 Å². The SMILES string of the molecule is COC1CCCN(C(C)C(=O)Nc2cc(Cl)ccc2N)C1. The fourth-order valence-corrected chi connectivity index (χ4v) is 2.72. The van der Waals surface area contributed by atoms with Gasteiger partial charge in [0.1, 0.15) is 0 Å². The number of carbonyl (C=O) groups is 1. The maximum atomic E-state index is 12.4. The summed E-state index contributed by atoms with van der Waals surface area (Å²) < 4.78 is 5.39. The number of benzene rings is 1. The first-order chi connectivity index (χ1) is 10.0. The van der Waals surface area contributed by atoms with Gasteiger partial charge in [0.15, 0.2) is 0 Å². The van der Waals surface area contributed by atoms with E-state index in [1.165, 1.54) is 0 Å². The lowest BCUT2D eigenvalue weighted by molar-refractivity contribution is -0.122. The molecule has 1 aromatic rings. The Kier molecular flexibility index (Phi) is 5.45. The number of carbonyl (C=O) groups excluding carboxylic acids is 1. The van der Waals surface area contributed by atoms with Crippen LogP contribution < -0.4 is 11.1 Å². The average Bonchev–Trinajstić information content (AvgIpc) is 2.50. The normalized spacial score (nSPS) is 21.0. The van der Waals surface area contributed by atoms with E-state index >= 15 is 0 Å². The fraction of sp³-hybridized carbons (Fsp3) is 0.533. The number of piperidine rings is 1. The summed E-state index contributed by atoms with van der Waals surface area (Å²) in [5, 5.41) is 3.40. The van der Waals surface area contributed by atoms with Gasteiger partial charge in [0.2, 0.25) is 5.91 Å². The molecule has 2 unspecified atom stereocenters. The molecule has 116 valence electrons. The highest BCUT2D eigenvalue weighted by Gasteiger charge is 2.27. The molecule has 21 heavy (non-hydrogen) atoms. The van der Waals surface area contributed by atoms with Gasteiger partial charge in [0.05, 0.1) is 23.5 Å². The summed E-state index contributed by atoms with van der Waals surface area (Å²) >= 11 is 5.93. The van der Waals surface area contributed by atoms with Gasteiger partial charge in [-0.3, -0.25) is 9.69 Å². The highest BCUT2D eigenvalue weighted by Crippen LogP contribution is 2.24. The third-order valence-electron chi connectivity index (χ3n) is 3.94. The number of anilines is 2. The molecule has 1 aliphatic rings. The maximum Gasteiger partial charge on any atom is 0.241 e. The van der Waals surface area contributed by atoms with Crippen molar-refractivity contribution in [2.45, 2.75) is 31.9 Å². The first kappa shape index (κ1) is 16.1. The van der Waals surface area contributed by atoms with E-state index in [9.17, 15) is 4.79 Å². The number of hydrogen-bond donors (Lipinski definition) is 2. The molecule has 0 radical (unpaired) electrons. The van der Waals surface area contributed by atoms with E-state index in [2.05, 4.69) is 10.2 Å². The van der Waals surface area contributed by atoms with Crippen LogP contribution in [0.15, 0.2) is 18.2 Å². The minimum absolute atomic E-state index is 0.0827. The summed E-state index contributed by atoms with van der Waals surface area (Å²) in [6.45, 7) is 3.57. The molecular weight excluding hydrogens is 290 g/mol. The van der Waals surface area contributed by atoms with Crippen molar-refractivity contribution in [1.82, 2.24) is 4.90 Å². The van der Waals surface area contributed by atoms with Crippen molar-refractivity contribution in [3.05, 3.63) is 23.2 Å². The molecular formula is C15H22ClN3O2. The van der Waals surface area contributed by atoms with E-state index in [1.54, 1.807) is 25.3 Å². The molecule has 0 bridgehead atoms. The predicted molar refractivity (Wildman–Crippen MR) is 85.6 cm³/mol. The van der Waals surface area contributed by atoms with E-state index in [0.717, 1.165) is 25.9 Å². The molecule has 0 spiro atoms. The minimum Gasteiger partial charge on any atom is -0.397 e. The molecule has 1 fully saturated rings. The van der Waals surface area contributed by atoms with Gasteiger partial charge in [-0.25, -0.2) is 0 Å². The van der Waals surface area contributed by atoms with E-state index in [4.69, 9.17) is 22.1 Å². The first-order valence-corrected chi connectivity index (χ1v) is 7.51. The number of nitrogen functional groups attached to an aromatic ring is 1. The Bertz CT molecular complexity index is 510. The smallest absolute Gasteiger partial charge is 0.241 e. The molecule has 2 rings (SSSR count). The van der Waals surface area contributed by atoms with Crippen molar-refractivity contribution in [3.63, 3.8) is 0 Å². The second-order valence-corrected chi connectivity index (χ2v) is 5.83. The molecule has 0 aromatic heterocycles. The summed E-state index contributed by atoms with van der Waals surface area (Å²) in [5.41, 5.74) is 6.92. The fourth-order valence-electron chi connectivity index (χ4n) is 2.55. The van der Waals surface area contributed by atoms with Gasteiger partial charge in [-0.1, -0.05) is 11.6 Å². The van der Waals surface area contributed by atoms with Gasteiger partial charge in [-0.2, -0.15) is 0 Å². The topological polar surface area (TPSA) is 67.6 Å². The highest BCUT2D eigenvalue weighted by molar-refractivity contribution is 6.31. The van der Waals surface area contributed by atoms with Gasteiger partial charge in [-0.15, -0.1) is 0 Å². The number of methoxy groups -OCH3 is 1. The lowest BCUT2D eigenvalue weighted by Gasteiger charge is -2.35. The number of amides is 1. The van der Waals surface area contributed by atoms with E-state index in [0.29, 0.717) is 16.4 Å². The maximum absolute atomic E-state index is 12.4. The second kappa shape index (κ2) is 7.11. The van der Waals surface area contributed by atoms with Crippen molar-refractivity contribution in [2.24, 2.45) is 0 Å². The Morgan fingerprint density at radius 3 is 3.05 bits per heavy atom. The number of likely N-dealkylation sites (tertiary alicyclic amines) is 1. The number of nitrogens with zero attached hydrogens (tertiary/aromatic N) is 1. The van der Waals surface area contributed by atoms with Crippen molar-refractivity contribution in [1.29, 1.82) is 0 Å². The number of nitrogens with two attached hydrogens (primary N) is 1. The molecule has 1 heterocycles. The van der Waals surface area contributed by atoms with Gasteiger partial charge in [-0.05, 0) is 44.5 Å². The monoisotopic (exact) mass is 311 g/mol. The molecule has 1 aromatic carbocycles. The molecule has 1 saturated heterocycles. The van der Waals surface area contributed by atoms with Crippen molar-refractivity contribution < 1.29 is 9.53 Å². The molecule has 0 aliphatic carbocycles. The zero-order valence-electron chi connectivity index (χ0n) is 12.4. The lowest BCUT2D eigenvalue weighted by Crippen LogP contribution is -2.48. The predicted octanol–water partition coefficient (Wildman–Crippen LogP) is 2.36. The Labute approximate surface area is 130 Å². The number of halogens is 1. The molecule has 3 N–H and O–H groups in total. The first-order valence-electron chi connectivity index (χ1n) is 7.14. The van der Waals surface area contributed by atoms with Crippen LogP contribution in [0.5, 0.6) is 0 Å². The van der Waals surface area contributed by atoms with Crippen LogP contribution in [0.2, 0.25) is 5.02 Å². The summed E-state index contributed by atoms with van der Waals surface area (Å²) in [6, 6.07) is 4.81. The largest absolute Gasteiger partial charge is 0.397 e. The third kappa shape index (κ3) is 4.09. The quantitative estimate of drug-likeness (QED) is 0.838. The average molecular weight is 312 g/mol. The molecule has 2 atom stereocenters. The number of nitrogens with one attached hydrogen (secondary N) is 1. The summed E-state index contributed by atoms with van der Waals surface area (Å²) in [5.74, 6) is -0.0827. The number of ether oxygens (including phenoxy) is 1. The van der Waals surface area contributed by atoms with Crippen LogP contribution in [0.3, 0.4) is 0 Å². The Morgan fingerprint density at radius 2 is 2.33 bits per heavy atom. The summed E-state index contributed by atoms with van der Waals surface area (Å²) in [4.78, 5) is 14.5. The molecule has 5 nitrogen and oxygen atoms in total. The van der Waals surface area contributed by atoms with Crippen LogP contribution in [0.4, 0.5) is 11.4 Å². The number of hydrogen-bond acceptors (Lipinski definition) is 4. The Morgan fingerprint density at radius 1 is 1.57 bits per heavy atom. The van der Waals surface area contributed by atoms with E-state index in [1.807, 2.05) is 6.92 Å². The molecule has 0 saturated carbocycles. The summed E-state index contributed by atoms with van der Waals surface area (Å²) in [6.07, 6.45) is 2.28. The van der Waals surface area contributed by atoms with Crippen LogP contribution in [0.25, 0.3) is 0 Å². The van der Waals surface area contributed by atoms with Crippen molar-refractivity contribution >= 4 is 28.9 Å². The van der Waals surface area contributed by atoms with Crippen LogP contribution in [-0.4, -0.2) is 43.2 Å².